The highest BCUT2D eigenvalue weighted by atomic mass is 16.5. The van der Waals surface area contributed by atoms with Gasteiger partial charge >= 0.3 is 0 Å². The number of ether oxygens (including phenoxy) is 1. The monoisotopic (exact) mass is 235 g/mol. The Bertz CT molecular complexity index is 407. The lowest BCUT2D eigenvalue weighted by Gasteiger charge is -2.06. The molecule has 0 aliphatic rings. The van der Waals surface area contributed by atoms with E-state index in [-0.39, 0.29) is 6.61 Å². The van der Waals surface area contributed by atoms with Crippen LogP contribution in [0.1, 0.15) is 19.4 Å². The van der Waals surface area contributed by atoms with Crippen molar-refractivity contribution in [3.05, 3.63) is 35.4 Å². The Morgan fingerprint density at radius 1 is 1.47 bits per heavy atom. The van der Waals surface area contributed by atoms with Crippen molar-refractivity contribution in [2.24, 2.45) is 5.73 Å². The van der Waals surface area contributed by atoms with Gasteiger partial charge in [-0.15, -0.1) is 0 Å². The lowest BCUT2D eigenvalue weighted by atomic mass is 10.1. The van der Waals surface area contributed by atoms with E-state index in [0.717, 1.165) is 11.1 Å². The summed E-state index contributed by atoms with van der Waals surface area (Å²) in [4.78, 5) is 10.5. The maximum absolute atomic E-state index is 10.5. The molecule has 1 amide bonds. The molecule has 0 saturated heterocycles. The van der Waals surface area contributed by atoms with Gasteiger partial charge in [-0.25, -0.2) is 0 Å². The summed E-state index contributed by atoms with van der Waals surface area (Å²) in [7, 11) is 0. The van der Waals surface area contributed by atoms with Crippen molar-refractivity contribution in [1.82, 2.24) is 0 Å². The number of carbonyl (C=O) groups is 1. The fourth-order valence-corrected chi connectivity index (χ4v) is 1.20. The Labute approximate surface area is 101 Å². The molecule has 0 aromatic heterocycles. The van der Waals surface area contributed by atoms with Gasteiger partial charge in [0.25, 0.3) is 5.91 Å². The predicted octanol–water partition coefficient (Wildman–Crippen LogP) is 1.33. The second-order valence-corrected chi connectivity index (χ2v) is 3.89. The first-order chi connectivity index (χ1) is 7.99. The zero-order chi connectivity index (χ0) is 12.8. The molecule has 4 heteroatoms. The molecule has 1 aromatic rings. The van der Waals surface area contributed by atoms with Crippen LogP contribution in [-0.2, 0) is 4.79 Å². The first-order valence-electron chi connectivity index (χ1n) is 5.36. The van der Waals surface area contributed by atoms with Gasteiger partial charge in [0.15, 0.2) is 6.61 Å². The van der Waals surface area contributed by atoms with Crippen LogP contribution in [0.3, 0.4) is 0 Å². The van der Waals surface area contributed by atoms with E-state index in [2.05, 4.69) is 0 Å². The maximum atomic E-state index is 10.5. The molecular weight excluding hydrogens is 218 g/mol. The number of aliphatic hydroxyl groups excluding tert-OH is 1. The van der Waals surface area contributed by atoms with E-state index in [1.807, 2.05) is 25.1 Å². The van der Waals surface area contributed by atoms with Crippen LogP contribution in [0.2, 0.25) is 0 Å². The van der Waals surface area contributed by atoms with Gasteiger partial charge in [0.05, 0.1) is 6.10 Å². The number of rotatable bonds is 5. The van der Waals surface area contributed by atoms with Gasteiger partial charge in [-0.2, -0.15) is 0 Å². The number of primary amides is 1. The van der Waals surface area contributed by atoms with Crippen LogP contribution in [0.5, 0.6) is 5.75 Å². The van der Waals surface area contributed by atoms with Gasteiger partial charge in [-0.1, -0.05) is 18.2 Å². The smallest absolute Gasteiger partial charge is 0.255 e. The molecule has 1 rings (SSSR count). The summed E-state index contributed by atoms with van der Waals surface area (Å²) in [5.74, 6) is 0.0922. The second kappa shape index (κ2) is 6.06. The van der Waals surface area contributed by atoms with Gasteiger partial charge in [0.1, 0.15) is 5.75 Å². The van der Waals surface area contributed by atoms with Crippen molar-refractivity contribution in [3.63, 3.8) is 0 Å². The SMILES string of the molecule is C/C(=C\c1ccc(OCC(N)=O)cc1)C(C)O. The third-order valence-electron chi connectivity index (χ3n) is 2.31. The topological polar surface area (TPSA) is 72.5 Å². The van der Waals surface area contributed by atoms with Crippen LogP contribution in [0.15, 0.2) is 29.8 Å². The van der Waals surface area contributed by atoms with E-state index in [0.29, 0.717) is 5.75 Å². The summed E-state index contributed by atoms with van der Waals surface area (Å²) >= 11 is 0. The molecule has 92 valence electrons. The van der Waals surface area contributed by atoms with Crippen molar-refractivity contribution >= 4 is 12.0 Å². The Morgan fingerprint density at radius 3 is 2.53 bits per heavy atom. The predicted molar refractivity (Wildman–Crippen MR) is 66.5 cm³/mol. The second-order valence-electron chi connectivity index (χ2n) is 3.89. The minimum Gasteiger partial charge on any atom is -0.484 e. The molecule has 3 N–H and O–H groups in total. The first kappa shape index (κ1) is 13.3. The zero-order valence-corrected chi connectivity index (χ0v) is 10.0. The van der Waals surface area contributed by atoms with Crippen LogP contribution in [0, 0.1) is 0 Å². The summed E-state index contributed by atoms with van der Waals surface area (Å²) < 4.78 is 5.13. The van der Waals surface area contributed by atoms with Crippen LogP contribution in [-0.4, -0.2) is 23.7 Å². The molecule has 1 aromatic carbocycles. The molecule has 17 heavy (non-hydrogen) atoms. The standard InChI is InChI=1S/C13H17NO3/c1-9(10(2)15)7-11-3-5-12(6-4-11)17-8-13(14)16/h3-7,10,15H,8H2,1-2H3,(H2,14,16)/b9-7+. The highest BCUT2D eigenvalue weighted by Crippen LogP contribution is 2.15. The van der Waals surface area contributed by atoms with Crippen LogP contribution >= 0.6 is 0 Å². The van der Waals surface area contributed by atoms with Crippen molar-refractivity contribution in [2.75, 3.05) is 6.61 Å². The van der Waals surface area contributed by atoms with Gasteiger partial charge in [0.2, 0.25) is 0 Å². The van der Waals surface area contributed by atoms with Crippen molar-refractivity contribution < 1.29 is 14.6 Å². The van der Waals surface area contributed by atoms with Gasteiger partial charge in [-0.05, 0) is 37.1 Å². The lowest BCUT2D eigenvalue weighted by molar-refractivity contribution is -0.119. The van der Waals surface area contributed by atoms with E-state index < -0.39 is 12.0 Å². The minimum atomic E-state index is -0.501. The summed E-state index contributed by atoms with van der Waals surface area (Å²) in [5.41, 5.74) is 6.82. The lowest BCUT2D eigenvalue weighted by Crippen LogP contribution is -2.19. The Morgan fingerprint density at radius 2 is 2.06 bits per heavy atom. The normalized spacial score (nSPS) is 13.2. The molecule has 0 bridgehead atoms. The van der Waals surface area contributed by atoms with E-state index in [1.54, 1.807) is 19.1 Å². The summed E-state index contributed by atoms with van der Waals surface area (Å²) in [6.45, 7) is 3.46. The zero-order valence-electron chi connectivity index (χ0n) is 10.0. The fraction of sp³-hybridized carbons (Fsp3) is 0.308. The number of benzene rings is 1. The fourth-order valence-electron chi connectivity index (χ4n) is 1.20. The molecule has 0 heterocycles. The molecule has 0 fully saturated rings. The van der Waals surface area contributed by atoms with Gasteiger partial charge in [0, 0.05) is 0 Å². The molecule has 0 aliphatic heterocycles. The molecule has 0 spiro atoms. The van der Waals surface area contributed by atoms with E-state index >= 15 is 0 Å². The van der Waals surface area contributed by atoms with Crippen LogP contribution < -0.4 is 10.5 Å². The molecule has 0 saturated carbocycles. The number of amides is 1. The average molecular weight is 235 g/mol. The van der Waals surface area contributed by atoms with Crippen molar-refractivity contribution in [3.8, 4) is 5.75 Å². The van der Waals surface area contributed by atoms with Crippen molar-refractivity contribution in [2.45, 2.75) is 20.0 Å². The van der Waals surface area contributed by atoms with Gasteiger partial charge in [-0.3, -0.25) is 4.79 Å². The Kier molecular flexibility index (Phi) is 4.72. The quantitative estimate of drug-likeness (QED) is 0.808. The third kappa shape index (κ3) is 4.70. The highest BCUT2D eigenvalue weighted by molar-refractivity contribution is 5.75. The number of hydrogen-bond acceptors (Lipinski definition) is 3. The Balaban J connectivity index is 2.68. The van der Waals surface area contributed by atoms with Gasteiger partial charge < -0.3 is 15.6 Å². The van der Waals surface area contributed by atoms with E-state index in [9.17, 15) is 9.90 Å². The average Bonchev–Trinajstić information content (AvgIpc) is 2.28. The summed E-state index contributed by atoms with van der Waals surface area (Å²) in [5, 5.41) is 9.34. The summed E-state index contributed by atoms with van der Waals surface area (Å²) in [6.07, 6.45) is 1.43. The van der Waals surface area contributed by atoms with E-state index in [4.69, 9.17) is 10.5 Å². The number of carbonyl (C=O) groups excluding carboxylic acids is 1. The first-order valence-corrected chi connectivity index (χ1v) is 5.36. The van der Waals surface area contributed by atoms with Crippen molar-refractivity contribution in [1.29, 1.82) is 0 Å². The molecule has 0 radical (unpaired) electrons. The van der Waals surface area contributed by atoms with Crippen LogP contribution in [0.4, 0.5) is 0 Å². The molecule has 1 unspecified atom stereocenters. The largest absolute Gasteiger partial charge is 0.484 e. The maximum Gasteiger partial charge on any atom is 0.255 e. The molecular formula is C13H17NO3. The highest BCUT2D eigenvalue weighted by Gasteiger charge is 2.00. The van der Waals surface area contributed by atoms with Crippen LogP contribution in [0.25, 0.3) is 6.08 Å². The molecule has 0 aliphatic carbocycles. The number of nitrogens with two attached hydrogens (primary N) is 1. The summed E-state index contributed by atoms with van der Waals surface area (Å²) in [6, 6.07) is 7.21. The molecule has 1 atom stereocenters. The van der Waals surface area contributed by atoms with E-state index in [1.165, 1.54) is 0 Å². The molecule has 4 nitrogen and oxygen atoms in total. The minimum absolute atomic E-state index is 0.123. The number of aliphatic hydroxyl groups is 1. The number of hydrogen-bond donors (Lipinski definition) is 2. The third-order valence-corrected chi connectivity index (χ3v) is 2.31. The Hall–Kier alpha value is -1.81.